The van der Waals surface area contributed by atoms with Crippen molar-refractivity contribution >= 4 is 55.6 Å². The van der Waals surface area contributed by atoms with Gasteiger partial charge in [-0.2, -0.15) is 9.78 Å². The highest BCUT2D eigenvalue weighted by Gasteiger charge is 2.13. The molecule has 8 heteroatoms. The van der Waals surface area contributed by atoms with E-state index in [1.165, 1.54) is 10.2 Å². The number of aromatic nitrogens is 2. The van der Waals surface area contributed by atoms with Crippen molar-refractivity contribution < 1.29 is 9.47 Å². The van der Waals surface area contributed by atoms with Gasteiger partial charge in [-0.25, -0.2) is 4.98 Å². The zero-order valence-electron chi connectivity index (χ0n) is 19.0. The Balaban J connectivity index is 1.65. The molecule has 0 aliphatic carbocycles. The van der Waals surface area contributed by atoms with E-state index in [0.29, 0.717) is 41.4 Å². The Hall–Kier alpha value is -2.72. The Labute approximate surface area is 219 Å². The van der Waals surface area contributed by atoms with Gasteiger partial charge in [-0.05, 0) is 84.8 Å². The zero-order chi connectivity index (χ0) is 24.2. The molecule has 0 aliphatic heterocycles. The Bertz CT molecular complexity index is 1450. The molecule has 3 aromatic carbocycles. The maximum atomic E-state index is 13.0. The molecule has 0 bridgehead atoms. The molecular weight excluding hydrogens is 609 g/mol. The van der Waals surface area contributed by atoms with E-state index in [1.54, 1.807) is 19.2 Å². The summed E-state index contributed by atoms with van der Waals surface area (Å²) in [6.07, 6.45) is 1.63. The van der Waals surface area contributed by atoms with Crippen LogP contribution in [0.1, 0.15) is 29.4 Å². The molecule has 0 atom stereocenters. The van der Waals surface area contributed by atoms with Crippen molar-refractivity contribution in [3.05, 3.63) is 95.5 Å². The number of nitrogens with zero attached hydrogens (tertiary/aromatic N) is 3. The SMILES string of the molecule is CCOc1cc(C=Nn2c(C)nc3ccc(Br)cc3c2=O)cc(I)c1OCc1cccc(C)c1. The average molecular weight is 632 g/mol. The van der Waals surface area contributed by atoms with E-state index in [-0.39, 0.29) is 5.56 Å². The van der Waals surface area contributed by atoms with Gasteiger partial charge in [0.05, 0.1) is 27.3 Å². The van der Waals surface area contributed by atoms with Gasteiger partial charge in [0.2, 0.25) is 0 Å². The predicted octanol–water partition coefficient (Wildman–Crippen LogP) is 6.24. The first kappa shape index (κ1) is 24.4. The van der Waals surface area contributed by atoms with Gasteiger partial charge in [-0.3, -0.25) is 4.79 Å². The third-order valence-corrected chi connectivity index (χ3v) is 6.38. The number of benzene rings is 3. The van der Waals surface area contributed by atoms with Gasteiger partial charge in [0.25, 0.3) is 5.56 Å². The Morgan fingerprint density at radius 2 is 1.94 bits per heavy atom. The minimum atomic E-state index is -0.224. The molecule has 0 unspecified atom stereocenters. The van der Waals surface area contributed by atoms with Gasteiger partial charge in [-0.1, -0.05) is 45.8 Å². The lowest BCUT2D eigenvalue weighted by Crippen LogP contribution is -2.20. The predicted molar refractivity (Wildman–Crippen MR) is 147 cm³/mol. The van der Waals surface area contributed by atoms with Crippen molar-refractivity contribution in [2.75, 3.05) is 6.61 Å². The van der Waals surface area contributed by atoms with Crippen molar-refractivity contribution in [2.45, 2.75) is 27.4 Å². The third kappa shape index (κ3) is 5.50. The van der Waals surface area contributed by atoms with Crippen LogP contribution in [0.5, 0.6) is 11.5 Å². The van der Waals surface area contributed by atoms with Crippen LogP contribution in [0.15, 0.2) is 69.0 Å². The molecule has 4 aromatic rings. The second-order valence-corrected chi connectivity index (χ2v) is 9.80. The number of aryl methyl sites for hydroxylation is 2. The summed E-state index contributed by atoms with van der Waals surface area (Å²) >= 11 is 5.64. The van der Waals surface area contributed by atoms with E-state index in [4.69, 9.17) is 9.47 Å². The fourth-order valence-electron chi connectivity index (χ4n) is 3.54. The highest BCUT2D eigenvalue weighted by molar-refractivity contribution is 14.1. The maximum absolute atomic E-state index is 13.0. The smallest absolute Gasteiger partial charge is 0.282 e. The quantitative estimate of drug-likeness (QED) is 0.179. The van der Waals surface area contributed by atoms with Crippen LogP contribution in [-0.2, 0) is 6.61 Å². The molecule has 0 N–H and O–H groups in total. The van der Waals surface area contributed by atoms with Crippen LogP contribution >= 0.6 is 38.5 Å². The fourth-order valence-corrected chi connectivity index (χ4v) is 4.69. The van der Waals surface area contributed by atoms with Crippen LogP contribution in [0, 0.1) is 17.4 Å². The largest absolute Gasteiger partial charge is 0.490 e. The minimum Gasteiger partial charge on any atom is -0.490 e. The van der Waals surface area contributed by atoms with E-state index >= 15 is 0 Å². The summed E-state index contributed by atoms with van der Waals surface area (Å²) in [5.41, 5.74) is 3.48. The number of halogens is 2. The Morgan fingerprint density at radius 3 is 2.71 bits per heavy atom. The van der Waals surface area contributed by atoms with Crippen LogP contribution in [0.4, 0.5) is 0 Å². The van der Waals surface area contributed by atoms with Crippen LogP contribution in [0.25, 0.3) is 10.9 Å². The van der Waals surface area contributed by atoms with Crippen molar-refractivity contribution in [1.29, 1.82) is 0 Å². The molecule has 34 heavy (non-hydrogen) atoms. The summed E-state index contributed by atoms with van der Waals surface area (Å²) in [4.78, 5) is 17.5. The van der Waals surface area contributed by atoms with Crippen molar-refractivity contribution in [1.82, 2.24) is 9.66 Å². The van der Waals surface area contributed by atoms with E-state index < -0.39 is 0 Å². The first-order valence-electron chi connectivity index (χ1n) is 10.7. The molecule has 0 spiro atoms. The normalized spacial score (nSPS) is 11.3. The van der Waals surface area contributed by atoms with Gasteiger partial charge in [0.15, 0.2) is 11.5 Å². The molecule has 0 aliphatic rings. The molecule has 1 heterocycles. The van der Waals surface area contributed by atoms with Gasteiger partial charge in [0, 0.05) is 4.47 Å². The molecule has 174 valence electrons. The van der Waals surface area contributed by atoms with Gasteiger partial charge >= 0.3 is 0 Å². The second kappa shape index (κ2) is 10.7. The molecular formula is C26H23BrIN3O3. The lowest BCUT2D eigenvalue weighted by atomic mass is 10.1. The van der Waals surface area contributed by atoms with Crippen LogP contribution in [0.3, 0.4) is 0 Å². The van der Waals surface area contributed by atoms with E-state index in [9.17, 15) is 4.79 Å². The number of rotatable bonds is 7. The minimum absolute atomic E-state index is 0.224. The number of fused-ring (bicyclic) bond motifs is 1. The van der Waals surface area contributed by atoms with E-state index in [0.717, 1.165) is 19.2 Å². The topological polar surface area (TPSA) is 65.7 Å². The van der Waals surface area contributed by atoms with Crippen LogP contribution < -0.4 is 15.0 Å². The van der Waals surface area contributed by atoms with Crippen LogP contribution in [-0.4, -0.2) is 22.5 Å². The summed E-state index contributed by atoms with van der Waals surface area (Å²) < 4.78 is 15.0. The summed E-state index contributed by atoms with van der Waals surface area (Å²) in [5.74, 6) is 1.83. The highest BCUT2D eigenvalue weighted by Crippen LogP contribution is 2.34. The summed E-state index contributed by atoms with van der Waals surface area (Å²) in [6.45, 7) is 6.69. The monoisotopic (exact) mass is 631 g/mol. The van der Waals surface area contributed by atoms with Crippen molar-refractivity contribution in [2.24, 2.45) is 5.10 Å². The molecule has 4 rings (SSSR count). The maximum Gasteiger partial charge on any atom is 0.282 e. The first-order chi connectivity index (χ1) is 16.4. The third-order valence-electron chi connectivity index (χ3n) is 5.09. The molecule has 0 saturated heterocycles. The van der Waals surface area contributed by atoms with E-state index in [1.807, 2.05) is 43.3 Å². The zero-order valence-corrected chi connectivity index (χ0v) is 22.8. The second-order valence-electron chi connectivity index (χ2n) is 7.72. The van der Waals surface area contributed by atoms with Gasteiger partial charge in [0.1, 0.15) is 12.4 Å². The van der Waals surface area contributed by atoms with E-state index in [2.05, 4.69) is 67.7 Å². The standard InChI is InChI=1S/C26H23BrIN3O3/c1-4-33-24-12-19(11-22(28)25(24)34-15-18-7-5-6-16(2)10-18)14-29-31-17(3)30-23-9-8-20(27)13-21(23)26(31)32/h5-14H,4,15H2,1-3H3. The van der Waals surface area contributed by atoms with Crippen molar-refractivity contribution in [3.8, 4) is 11.5 Å². The Morgan fingerprint density at radius 1 is 1.12 bits per heavy atom. The lowest BCUT2D eigenvalue weighted by molar-refractivity contribution is 0.267. The summed E-state index contributed by atoms with van der Waals surface area (Å²) in [6, 6.07) is 17.5. The molecule has 0 saturated carbocycles. The summed E-state index contributed by atoms with van der Waals surface area (Å²) in [5, 5.41) is 4.93. The first-order valence-corrected chi connectivity index (χ1v) is 12.6. The fraction of sp³-hybridized carbons (Fsp3) is 0.192. The molecule has 6 nitrogen and oxygen atoms in total. The van der Waals surface area contributed by atoms with Gasteiger partial charge in [-0.15, -0.1) is 0 Å². The molecule has 0 amide bonds. The van der Waals surface area contributed by atoms with Crippen LogP contribution in [0.2, 0.25) is 0 Å². The average Bonchev–Trinajstić information content (AvgIpc) is 2.79. The molecule has 0 fully saturated rings. The number of ether oxygens (including phenoxy) is 2. The van der Waals surface area contributed by atoms with Crippen molar-refractivity contribution in [3.63, 3.8) is 0 Å². The highest BCUT2D eigenvalue weighted by atomic mass is 127. The van der Waals surface area contributed by atoms with Gasteiger partial charge < -0.3 is 9.47 Å². The summed E-state index contributed by atoms with van der Waals surface area (Å²) in [7, 11) is 0. The molecule has 0 radical (unpaired) electrons. The number of hydrogen-bond acceptors (Lipinski definition) is 5. The molecule has 1 aromatic heterocycles. The lowest BCUT2D eigenvalue weighted by Gasteiger charge is -2.15. The number of hydrogen-bond donors (Lipinski definition) is 0. The Kier molecular flexibility index (Phi) is 7.67.